The third-order valence-corrected chi connectivity index (χ3v) is 4.67. The molecule has 1 aromatic rings. The van der Waals surface area contributed by atoms with Gasteiger partial charge in [0.2, 0.25) is 0 Å². The van der Waals surface area contributed by atoms with Crippen molar-refractivity contribution in [3.05, 3.63) is 17.5 Å². The van der Waals surface area contributed by atoms with Crippen molar-refractivity contribution in [3.8, 4) is 0 Å². The normalized spacial score (nSPS) is 12.3. The highest BCUT2D eigenvalue weighted by molar-refractivity contribution is 14.0. The largest absolute Gasteiger partial charge is 0.356 e. The molecule has 0 saturated heterocycles. The minimum atomic E-state index is 0. The molecule has 0 aromatic carbocycles. The Morgan fingerprint density at radius 2 is 1.78 bits per heavy atom. The van der Waals surface area contributed by atoms with Gasteiger partial charge >= 0.3 is 0 Å². The number of aliphatic imine (C=N–C) groups is 1. The first-order chi connectivity index (χ1) is 12.2. The predicted octanol–water partition coefficient (Wildman–Crippen LogP) is 3.68. The van der Waals surface area contributed by atoms with Crippen LogP contribution in [-0.2, 0) is 13.6 Å². The molecule has 27 heavy (non-hydrogen) atoms. The summed E-state index contributed by atoms with van der Waals surface area (Å²) in [5.41, 5.74) is 2.43. The Labute approximate surface area is 183 Å². The Balaban J connectivity index is 0.00000676. The van der Waals surface area contributed by atoms with Crippen LogP contribution in [0.25, 0.3) is 0 Å². The van der Waals surface area contributed by atoms with Crippen molar-refractivity contribution in [1.29, 1.82) is 0 Å². The molecule has 0 saturated carbocycles. The molecule has 158 valence electrons. The van der Waals surface area contributed by atoms with E-state index < -0.39 is 0 Å². The molecule has 7 heteroatoms. The fraction of sp³-hybridized carbons (Fsp3) is 0.800. The van der Waals surface area contributed by atoms with Gasteiger partial charge in [0.15, 0.2) is 5.96 Å². The molecule has 0 amide bonds. The van der Waals surface area contributed by atoms with E-state index in [1.807, 2.05) is 18.8 Å². The second kappa shape index (κ2) is 12.6. The van der Waals surface area contributed by atoms with E-state index in [-0.39, 0.29) is 24.0 Å². The van der Waals surface area contributed by atoms with E-state index in [2.05, 4.69) is 80.0 Å². The molecular weight excluding hydrogens is 451 g/mol. The average Bonchev–Trinajstić information content (AvgIpc) is 2.90. The lowest BCUT2D eigenvalue weighted by Crippen LogP contribution is -2.41. The average molecular weight is 492 g/mol. The minimum absolute atomic E-state index is 0. The second-order valence-corrected chi connectivity index (χ2v) is 7.98. The molecular formula is C20H41IN6. The molecule has 0 bridgehead atoms. The van der Waals surface area contributed by atoms with Crippen molar-refractivity contribution in [2.45, 2.75) is 72.5 Å². The zero-order valence-corrected chi connectivity index (χ0v) is 21.1. The molecule has 0 atom stereocenters. The van der Waals surface area contributed by atoms with Gasteiger partial charge in [0.05, 0.1) is 5.69 Å². The Morgan fingerprint density at radius 1 is 1.19 bits per heavy atom. The quantitative estimate of drug-likeness (QED) is 0.247. The zero-order valence-electron chi connectivity index (χ0n) is 18.8. The van der Waals surface area contributed by atoms with Crippen molar-refractivity contribution >= 4 is 29.9 Å². The van der Waals surface area contributed by atoms with Crippen LogP contribution in [0.4, 0.5) is 0 Å². The number of hydrogen-bond donors (Lipinski definition) is 1. The summed E-state index contributed by atoms with van der Waals surface area (Å²) >= 11 is 0. The van der Waals surface area contributed by atoms with Crippen molar-refractivity contribution in [3.63, 3.8) is 0 Å². The molecule has 1 heterocycles. The topological polar surface area (TPSA) is 48.7 Å². The first-order valence-electron chi connectivity index (χ1n) is 9.87. The van der Waals surface area contributed by atoms with Crippen molar-refractivity contribution in [2.75, 3.05) is 27.2 Å². The van der Waals surface area contributed by atoms with Crippen LogP contribution in [0.3, 0.4) is 0 Å². The molecule has 1 aromatic heterocycles. The van der Waals surface area contributed by atoms with E-state index in [4.69, 9.17) is 0 Å². The summed E-state index contributed by atoms with van der Waals surface area (Å²) in [5, 5.41) is 8.10. The minimum Gasteiger partial charge on any atom is -0.356 e. The van der Waals surface area contributed by atoms with Crippen molar-refractivity contribution in [2.24, 2.45) is 12.0 Å². The Hall–Kier alpha value is -0.830. The summed E-state index contributed by atoms with van der Waals surface area (Å²) in [4.78, 5) is 9.14. The standard InChI is InChI=1S/C20H40N6.HI/c1-15(2)19-18(14-25(9)23-19)13-24(8)20(21-7)22-11-10-12-26(16(3)4)17(5)6;/h14-17H,10-13H2,1-9H3,(H,21,22);1H. The van der Waals surface area contributed by atoms with Crippen molar-refractivity contribution < 1.29 is 0 Å². The summed E-state index contributed by atoms with van der Waals surface area (Å²) in [7, 11) is 5.92. The Morgan fingerprint density at radius 3 is 2.26 bits per heavy atom. The van der Waals surface area contributed by atoms with Gasteiger partial charge in [0.1, 0.15) is 0 Å². The van der Waals surface area contributed by atoms with Gasteiger partial charge in [0.25, 0.3) is 0 Å². The van der Waals surface area contributed by atoms with Crippen molar-refractivity contribution in [1.82, 2.24) is 24.9 Å². The van der Waals surface area contributed by atoms with E-state index in [1.54, 1.807) is 0 Å². The highest BCUT2D eigenvalue weighted by Gasteiger charge is 2.16. The number of hydrogen-bond acceptors (Lipinski definition) is 3. The maximum atomic E-state index is 4.60. The predicted molar refractivity (Wildman–Crippen MR) is 127 cm³/mol. The van der Waals surface area contributed by atoms with E-state index in [1.165, 1.54) is 11.3 Å². The van der Waals surface area contributed by atoms with Gasteiger partial charge in [0, 0.05) is 64.6 Å². The Kier molecular flexibility index (Phi) is 12.2. The SMILES string of the molecule is CN=C(NCCCN(C(C)C)C(C)C)N(C)Cc1cn(C)nc1C(C)C.I. The van der Waals surface area contributed by atoms with E-state index in [0.717, 1.165) is 32.0 Å². The fourth-order valence-electron chi connectivity index (χ4n) is 3.45. The number of guanidine groups is 1. The molecule has 0 unspecified atom stereocenters. The highest BCUT2D eigenvalue weighted by atomic mass is 127. The molecule has 1 N–H and O–H groups in total. The number of aromatic nitrogens is 2. The van der Waals surface area contributed by atoms with Crippen LogP contribution in [0, 0.1) is 0 Å². The number of nitrogens with one attached hydrogen (secondary N) is 1. The summed E-state index contributed by atoms with van der Waals surface area (Å²) in [6, 6.07) is 1.16. The molecule has 0 fully saturated rings. The van der Waals surface area contributed by atoms with Crippen LogP contribution in [-0.4, -0.2) is 64.8 Å². The number of halogens is 1. The van der Waals surface area contributed by atoms with Gasteiger partial charge in [-0.05, 0) is 40.0 Å². The number of aryl methyl sites for hydroxylation is 1. The lowest BCUT2D eigenvalue weighted by atomic mass is 10.1. The lowest BCUT2D eigenvalue weighted by molar-refractivity contribution is 0.173. The van der Waals surface area contributed by atoms with Crippen LogP contribution in [0.15, 0.2) is 11.2 Å². The van der Waals surface area contributed by atoms with Gasteiger partial charge in [-0.2, -0.15) is 5.10 Å². The zero-order chi connectivity index (χ0) is 19.9. The smallest absolute Gasteiger partial charge is 0.193 e. The molecule has 0 radical (unpaired) electrons. The summed E-state index contributed by atoms with van der Waals surface area (Å²) < 4.78 is 1.90. The molecule has 0 aliphatic carbocycles. The van der Waals surface area contributed by atoms with Crippen LogP contribution >= 0.6 is 24.0 Å². The first kappa shape index (κ1) is 26.2. The maximum absolute atomic E-state index is 4.60. The molecule has 0 aliphatic heterocycles. The summed E-state index contributed by atoms with van der Waals surface area (Å²) in [5.74, 6) is 1.36. The third-order valence-electron chi connectivity index (χ3n) is 4.67. The van der Waals surface area contributed by atoms with Gasteiger partial charge in [-0.15, -0.1) is 24.0 Å². The highest BCUT2D eigenvalue weighted by Crippen LogP contribution is 2.18. The van der Waals surface area contributed by atoms with Gasteiger partial charge in [-0.25, -0.2) is 0 Å². The second-order valence-electron chi connectivity index (χ2n) is 7.98. The first-order valence-corrected chi connectivity index (χ1v) is 9.87. The summed E-state index contributed by atoms with van der Waals surface area (Å²) in [6.45, 7) is 16.3. The van der Waals surface area contributed by atoms with E-state index >= 15 is 0 Å². The molecule has 0 spiro atoms. The Bertz CT molecular complexity index is 557. The third kappa shape index (κ3) is 8.37. The van der Waals surface area contributed by atoms with Crippen LogP contribution < -0.4 is 5.32 Å². The van der Waals surface area contributed by atoms with Gasteiger partial charge < -0.3 is 10.2 Å². The van der Waals surface area contributed by atoms with Crippen LogP contribution in [0.1, 0.15) is 65.1 Å². The van der Waals surface area contributed by atoms with E-state index in [0.29, 0.717) is 18.0 Å². The van der Waals surface area contributed by atoms with Gasteiger partial charge in [-0.3, -0.25) is 14.6 Å². The number of nitrogens with zero attached hydrogens (tertiary/aromatic N) is 5. The van der Waals surface area contributed by atoms with E-state index in [9.17, 15) is 0 Å². The summed E-state index contributed by atoms with van der Waals surface area (Å²) in [6.07, 6.45) is 3.22. The number of rotatable bonds is 9. The van der Waals surface area contributed by atoms with Crippen LogP contribution in [0.5, 0.6) is 0 Å². The molecule has 6 nitrogen and oxygen atoms in total. The monoisotopic (exact) mass is 492 g/mol. The lowest BCUT2D eigenvalue weighted by Gasteiger charge is -2.30. The van der Waals surface area contributed by atoms with Crippen LogP contribution in [0.2, 0.25) is 0 Å². The molecule has 1 rings (SSSR count). The maximum Gasteiger partial charge on any atom is 0.193 e. The van der Waals surface area contributed by atoms with Gasteiger partial charge in [-0.1, -0.05) is 13.8 Å². The molecule has 0 aliphatic rings. The fourth-order valence-corrected chi connectivity index (χ4v) is 3.45.